The first-order chi connectivity index (χ1) is 15.2. The van der Waals surface area contributed by atoms with Crippen LogP contribution in [-0.4, -0.2) is 46.6 Å². The summed E-state index contributed by atoms with van der Waals surface area (Å²) in [5, 5.41) is 3.94. The number of nitrogens with zero attached hydrogens (tertiary/aromatic N) is 2. The van der Waals surface area contributed by atoms with Crippen LogP contribution in [0.5, 0.6) is 11.5 Å². The number of amides is 1. The summed E-state index contributed by atoms with van der Waals surface area (Å²) in [7, 11) is -3.67. The number of rotatable bonds is 11. The maximum absolute atomic E-state index is 12.4. The van der Waals surface area contributed by atoms with Crippen LogP contribution >= 0.6 is 0 Å². The van der Waals surface area contributed by atoms with Crippen molar-refractivity contribution in [1.29, 1.82) is 0 Å². The predicted molar refractivity (Wildman–Crippen MR) is 127 cm³/mol. The van der Waals surface area contributed by atoms with Crippen molar-refractivity contribution in [1.82, 2.24) is 5.43 Å². The maximum atomic E-state index is 12.4. The van der Waals surface area contributed by atoms with Crippen LogP contribution in [0.1, 0.15) is 23.6 Å². The van der Waals surface area contributed by atoms with Gasteiger partial charge in [0, 0.05) is 0 Å². The molecule has 9 heteroatoms. The molecule has 2 rings (SSSR count). The van der Waals surface area contributed by atoms with Gasteiger partial charge in [0.2, 0.25) is 10.0 Å². The number of carbonyl (C=O) groups is 1. The zero-order valence-corrected chi connectivity index (χ0v) is 19.6. The molecule has 0 bridgehead atoms. The summed E-state index contributed by atoms with van der Waals surface area (Å²) >= 11 is 0. The first-order valence-electron chi connectivity index (χ1n) is 10.0. The highest BCUT2D eigenvalue weighted by atomic mass is 32.2. The van der Waals surface area contributed by atoms with Crippen molar-refractivity contribution in [3.63, 3.8) is 0 Å². The molecule has 32 heavy (non-hydrogen) atoms. The van der Waals surface area contributed by atoms with Gasteiger partial charge in [-0.1, -0.05) is 30.4 Å². The second-order valence-corrected chi connectivity index (χ2v) is 9.00. The third-order valence-electron chi connectivity index (χ3n) is 4.34. The molecule has 0 aliphatic carbocycles. The van der Waals surface area contributed by atoms with E-state index in [0.717, 1.165) is 21.7 Å². The molecule has 0 saturated heterocycles. The van der Waals surface area contributed by atoms with Gasteiger partial charge in [0.25, 0.3) is 5.91 Å². The molecule has 0 atom stereocenters. The smallest absolute Gasteiger partial charge is 0.260 e. The summed E-state index contributed by atoms with van der Waals surface area (Å²) < 4.78 is 36.8. The highest BCUT2D eigenvalue weighted by Gasteiger charge is 2.22. The van der Waals surface area contributed by atoms with E-state index in [-0.39, 0.29) is 0 Å². The average Bonchev–Trinajstić information content (AvgIpc) is 2.71. The number of hydrazone groups is 1. The number of carbonyl (C=O) groups excluding carboxylic acids is 1. The highest BCUT2D eigenvalue weighted by Crippen LogP contribution is 2.28. The Morgan fingerprint density at radius 1 is 1.16 bits per heavy atom. The first kappa shape index (κ1) is 24.9. The Bertz CT molecular complexity index is 1100. The van der Waals surface area contributed by atoms with Crippen LogP contribution < -0.4 is 19.2 Å². The Labute approximate surface area is 189 Å². The number of hydrogen-bond donors (Lipinski definition) is 1. The average molecular weight is 460 g/mol. The second kappa shape index (κ2) is 11.3. The van der Waals surface area contributed by atoms with Crippen LogP contribution in [0.2, 0.25) is 0 Å². The van der Waals surface area contributed by atoms with E-state index in [1.807, 2.05) is 19.9 Å². The van der Waals surface area contributed by atoms with Gasteiger partial charge in [0.15, 0.2) is 11.5 Å². The minimum absolute atomic E-state index is 0.348. The van der Waals surface area contributed by atoms with E-state index in [0.29, 0.717) is 36.0 Å². The zero-order valence-electron chi connectivity index (χ0n) is 18.8. The number of benzene rings is 2. The monoisotopic (exact) mass is 459 g/mol. The summed E-state index contributed by atoms with van der Waals surface area (Å²) in [5.74, 6) is 0.551. The molecule has 0 aliphatic heterocycles. The summed E-state index contributed by atoms with van der Waals surface area (Å²) in [6.45, 7) is 9.62. The van der Waals surface area contributed by atoms with Crippen LogP contribution in [0.15, 0.2) is 54.2 Å². The predicted octanol–water partition coefficient (Wildman–Crippen LogP) is 3.18. The van der Waals surface area contributed by atoms with Crippen molar-refractivity contribution in [2.24, 2.45) is 5.10 Å². The molecule has 0 heterocycles. The summed E-state index contributed by atoms with van der Waals surface area (Å²) in [5.41, 5.74) is 5.26. The summed E-state index contributed by atoms with van der Waals surface area (Å²) in [6, 6.07) is 10.6. The fourth-order valence-electron chi connectivity index (χ4n) is 2.95. The highest BCUT2D eigenvalue weighted by molar-refractivity contribution is 7.92. The molecule has 2 aromatic rings. The van der Waals surface area contributed by atoms with Crippen LogP contribution in [0, 0.1) is 13.8 Å². The molecule has 0 radical (unpaired) electrons. The second-order valence-electron chi connectivity index (χ2n) is 7.09. The third kappa shape index (κ3) is 7.12. The molecule has 1 amide bonds. The van der Waals surface area contributed by atoms with E-state index in [4.69, 9.17) is 9.47 Å². The molecule has 172 valence electrons. The van der Waals surface area contributed by atoms with Gasteiger partial charge in [-0.25, -0.2) is 13.8 Å². The number of ether oxygens (including phenoxy) is 2. The first-order valence-corrected chi connectivity index (χ1v) is 11.9. The van der Waals surface area contributed by atoms with Gasteiger partial charge in [-0.15, -0.1) is 0 Å². The number of sulfonamides is 1. The molecule has 2 aromatic carbocycles. The van der Waals surface area contributed by atoms with Crippen LogP contribution in [-0.2, 0) is 14.8 Å². The Hall–Kier alpha value is -3.33. The van der Waals surface area contributed by atoms with E-state index in [1.54, 1.807) is 43.3 Å². The number of hydrogen-bond acceptors (Lipinski definition) is 6. The molecular formula is C23H29N3O5S. The van der Waals surface area contributed by atoms with E-state index >= 15 is 0 Å². The minimum Gasteiger partial charge on any atom is -0.490 e. The Morgan fingerprint density at radius 3 is 2.53 bits per heavy atom. The molecule has 1 N–H and O–H groups in total. The quantitative estimate of drug-likeness (QED) is 0.316. The van der Waals surface area contributed by atoms with E-state index in [2.05, 4.69) is 17.1 Å². The molecule has 0 saturated carbocycles. The SMILES string of the molecule is C=CCOc1ccc(/C=N\NC(=O)CN(c2ccc(C)cc2C)S(C)(=O)=O)cc1OCC. The molecule has 0 spiro atoms. The minimum atomic E-state index is -3.67. The van der Waals surface area contributed by atoms with Gasteiger partial charge >= 0.3 is 0 Å². The van der Waals surface area contributed by atoms with Crippen molar-refractivity contribution >= 4 is 27.8 Å². The van der Waals surface area contributed by atoms with Crippen molar-refractivity contribution in [3.05, 3.63) is 65.7 Å². The molecular weight excluding hydrogens is 430 g/mol. The summed E-state index contributed by atoms with van der Waals surface area (Å²) in [6.07, 6.45) is 4.15. The molecule has 0 unspecified atom stereocenters. The van der Waals surface area contributed by atoms with Crippen LogP contribution in [0.3, 0.4) is 0 Å². The van der Waals surface area contributed by atoms with Crippen molar-refractivity contribution in [3.8, 4) is 11.5 Å². The Kier molecular flexibility index (Phi) is 8.83. The lowest BCUT2D eigenvalue weighted by Crippen LogP contribution is -2.39. The fourth-order valence-corrected chi connectivity index (χ4v) is 3.87. The van der Waals surface area contributed by atoms with Crippen molar-refractivity contribution < 1.29 is 22.7 Å². The van der Waals surface area contributed by atoms with Crippen molar-refractivity contribution in [2.45, 2.75) is 20.8 Å². The standard InChI is InChI=1S/C23H29N3O5S/c1-6-12-31-21-11-9-19(14-22(21)30-7-2)15-24-25-23(27)16-26(32(5,28)29)20-10-8-17(3)13-18(20)4/h6,8-11,13-15H,1,7,12,16H2,2-5H3,(H,25,27)/b24-15-. The Morgan fingerprint density at radius 2 is 1.91 bits per heavy atom. The molecule has 0 fully saturated rings. The topological polar surface area (TPSA) is 97.3 Å². The largest absolute Gasteiger partial charge is 0.490 e. The molecule has 0 aliphatic rings. The molecule has 0 aromatic heterocycles. The van der Waals surface area contributed by atoms with E-state index in [9.17, 15) is 13.2 Å². The van der Waals surface area contributed by atoms with Crippen molar-refractivity contribution in [2.75, 3.05) is 30.3 Å². The third-order valence-corrected chi connectivity index (χ3v) is 5.46. The number of nitrogens with one attached hydrogen (secondary N) is 1. The van der Waals surface area contributed by atoms with Gasteiger partial charge < -0.3 is 9.47 Å². The van der Waals surface area contributed by atoms with Gasteiger partial charge in [0.05, 0.1) is 24.8 Å². The van der Waals surface area contributed by atoms with Gasteiger partial charge in [-0.05, 0) is 56.2 Å². The van der Waals surface area contributed by atoms with E-state index < -0.39 is 22.5 Å². The maximum Gasteiger partial charge on any atom is 0.260 e. The van der Waals surface area contributed by atoms with Crippen LogP contribution in [0.25, 0.3) is 0 Å². The zero-order chi connectivity index (χ0) is 23.7. The number of anilines is 1. The number of aryl methyl sites for hydroxylation is 2. The van der Waals surface area contributed by atoms with E-state index in [1.165, 1.54) is 6.21 Å². The fraction of sp³-hybridized carbons (Fsp3) is 0.304. The van der Waals surface area contributed by atoms with Gasteiger partial charge in [-0.3, -0.25) is 9.10 Å². The molecule has 8 nitrogen and oxygen atoms in total. The lowest BCUT2D eigenvalue weighted by Gasteiger charge is -2.23. The van der Waals surface area contributed by atoms with Crippen LogP contribution in [0.4, 0.5) is 5.69 Å². The summed E-state index contributed by atoms with van der Waals surface area (Å²) in [4.78, 5) is 12.4. The normalized spacial score (nSPS) is 11.2. The van der Waals surface area contributed by atoms with Gasteiger partial charge in [0.1, 0.15) is 13.2 Å². The lowest BCUT2D eigenvalue weighted by atomic mass is 10.1. The Balaban J connectivity index is 2.11. The van der Waals surface area contributed by atoms with Gasteiger partial charge in [-0.2, -0.15) is 5.10 Å². The lowest BCUT2D eigenvalue weighted by molar-refractivity contribution is -0.119.